The van der Waals surface area contributed by atoms with Crippen LogP contribution in [-0.2, 0) is 4.79 Å². The molecule has 0 aliphatic carbocycles. The first kappa shape index (κ1) is 21.9. The molecule has 1 fully saturated rings. The van der Waals surface area contributed by atoms with Crippen LogP contribution in [0.15, 0.2) is 29.3 Å². The standard InChI is InChI=1S/C21H35N5O2/c1-6-22-20(24-11-10-23-19(27)21(2,3)4)26-14-12-25(13-15-26)17-8-7-9-18(16-17)28-5/h7-9,16H,6,10-15H2,1-5H3,(H,22,24)(H,23,27). The lowest BCUT2D eigenvalue weighted by molar-refractivity contribution is -0.128. The molecule has 156 valence electrons. The zero-order chi connectivity index (χ0) is 20.6. The number of hydrogen-bond acceptors (Lipinski definition) is 4. The van der Waals surface area contributed by atoms with E-state index in [1.807, 2.05) is 32.9 Å². The summed E-state index contributed by atoms with van der Waals surface area (Å²) in [5, 5.41) is 6.32. The molecule has 0 bridgehead atoms. The molecule has 1 aliphatic heterocycles. The van der Waals surface area contributed by atoms with Crippen LogP contribution in [0.4, 0.5) is 5.69 Å². The molecule has 0 aromatic heterocycles. The number of piperazine rings is 1. The van der Waals surface area contributed by atoms with Crippen LogP contribution in [0.2, 0.25) is 0 Å². The third kappa shape index (κ3) is 6.32. The molecule has 0 saturated carbocycles. The second-order valence-electron chi connectivity index (χ2n) is 7.92. The van der Waals surface area contributed by atoms with E-state index in [4.69, 9.17) is 9.73 Å². The highest BCUT2D eigenvalue weighted by atomic mass is 16.5. The summed E-state index contributed by atoms with van der Waals surface area (Å²) in [5.41, 5.74) is 0.816. The molecule has 0 atom stereocenters. The van der Waals surface area contributed by atoms with Crippen LogP contribution in [0.25, 0.3) is 0 Å². The first-order valence-corrected chi connectivity index (χ1v) is 10.1. The van der Waals surface area contributed by atoms with Gasteiger partial charge in [0.1, 0.15) is 5.75 Å². The van der Waals surface area contributed by atoms with E-state index in [2.05, 4.69) is 39.5 Å². The summed E-state index contributed by atoms with van der Waals surface area (Å²) in [7, 11) is 1.69. The van der Waals surface area contributed by atoms with Gasteiger partial charge in [-0.2, -0.15) is 0 Å². The largest absolute Gasteiger partial charge is 0.497 e. The maximum Gasteiger partial charge on any atom is 0.225 e. The maximum absolute atomic E-state index is 12.0. The Balaban J connectivity index is 1.88. The molecule has 28 heavy (non-hydrogen) atoms. The molecule has 7 nitrogen and oxygen atoms in total. The van der Waals surface area contributed by atoms with Crippen LogP contribution in [0.3, 0.4) is 0 Å². The molecular formula is C21H35N5O2. The van der Waals surface area contributed by atoms with Gasteiger partial charge in [-0.15, -0.1) is 0 Å². The Kier molecular flexibility index (Phi) is 7.96. The maximum atomic E-state index is 12.0. The average molecular weight is 390 g/mol. The topological polar surface area (TPSA) is 69.2 Å². The molecule has 1 heterocycles. The number of methoxy groups -OCH3 is 1. The van der Waals surface area contributed by atoms with E-state index in [0.29, 0.717) is 13.1 Å². The normalized spacial score (nSPS) is 15.4. The van der Waals surface area contributed by atoms with Crippen LogP contribution in [0.1, 0.15) is 27.7 Å². The minimum absolute atomic E-state index is 0.0552. The van der Waals surface area contributed by atoms with Gasteiger partial charge >= 0.3 is 0 Å². The highest BCUT2D eigenvalue weighted by Gasteiger charge is 2.21. The highest BCUT2D eigenvalue weighted by Crippen LogP contribution is 2.22. The second-order valence-corrected chi connectivity index (χ2v) is 7.92. The van der Waals surface area contributed by atoms with Gasteiger partial charge in [-0.1, -0.05) is 26.8 Å². The number of guanidine groups is 1. The molecule has 1 aliphatic rings. The number of benzene rings is 1. The number of nitrogens with zero attached hydrogens (tertiary/aromatic N) is 3. The van der Waals surface area contributed by atoms with Gasteiger partial charge in [-0.25, -0.2) is 0 Å². The van der Waals surface area contributed by atoms with Crippen LogP contribution in [-0.4, -0.2) is 69.7 Å². The number of rotatable bonds is 6. The number of anilines is 1. The van der Waals surface area contributed by atoms with Crippen LogP contribution < -0.4 is 20.3 Å². The van der Waals surface area contributed by atoms with Crippen molar-refractivity contribution < 1.29 is 9.53 Å². The fraction of sp³-hybridized carbons (Fsp3) is 0.619. The number of nitrogens with one attached hydrogen (secondary N) is 2. The number of carbonyl (C=O) groups excluding carboxylic acids is 1. The van der Waals surface area contributed by atoms with Gasteiger partial charge in [0, 0.05) is 56.4 Å². The number of amides is 1. The summed E-state index contributed by atoms with van der Waals surface area (Å²) in [6.07, 6.45) is 0. The van der Waals surface area contributed by atoms with E-state index in [1.165, 1.54) is 5.69 Å². The SMILES string of the molecule is CCNC(=NCCNC(=O)C(C)(C)C)N1CCN(c2cccc(OC)c2)CC1. The summed E-state index contributed by atoms with van der Waals surface area (Å²) in [5.74, 6) is 1.85. The Morgan fingerprint density at radius 2 is 1.89 bits per heavy atom. The zero-order valence-corrected chi connectivity index (χ0v) is 17.9. The molecule has 0 radical (unpaired) electrons. The number of ether oxygens (including phenoxy) is 1. The van der Waals surface area contributed by atoms with Gasteiger partial charge < -0.3 is 25.2 Å². The molecule has 1 aromatic rings. The van der Waals surface area contributed by atoms with Crippen molar-refractivity contribution in [3.63, 3.8) is 0 Å². The fourth-order valence-electron chi connectivity index (χ4n) is 3.01. The number of hydrogen-bond donors (Lipinski definition) is 2. The van der Waals surface area contributed by atoms with E-state index in [1.54, 1.807) is 7.11 Å². The third-order valence-electron chi connectivity index (χ3n) is 4.67. The monoisotopic (exact) mass is 389 g/mol. The van der Waals surface area contributed by atoms with Crippen molar-refractivity contribution in [2.75, 3.05) is 57.8 Å². The van der Waals surface area contributed by atoms with Crippen molar-refractivity contribution in [3.8, 4) is 5.75 Å². The molecule has 1 aromatic carbocycles. The molecule has 7 heteroatoms. The van der Waals surface area contributed by atoms with E-state index in [0.717, 1.165) is 44.4 Å². The van der Waals surface area contributed by atoms with Crippen molar-refractivity contribution >= 4 is 17.6 Å². The Hall–Kier alpha value is -2.44. The lowest BCUT2D eigenvalue weighted by atomic mass is 9.96. The van der Waals surface area contributed by atoms with Crippen LogP contribution in [0.5, 0.6) is 5.75 Å². The van der Waals surface area contributed by atoms with Gasteiger partial charge in [-0.3, -0.25) is 9.79 Å². The summed E-state index contributed by atoms with van der Waals surface area (Å²) in [4.78, 5) is 21.3. The quantitative estimate of drug-likeness (QED) is 0.442. The summed E-state index contributed by atoms with van der Waals surface area (Å²) in [6.45, 7) is 13.4. The molecule has 2 N–H and O–H groups in total. The van der Waals surface area contributed by atoms with Crippen LogP contribution in [0, 0.1) is 5.41 Å². The molecular weight excluding hydrogens is 354 g/mol. The Labute approximate surface area is 169 Å². The van der Waals surface area contributed by atoms with E-state index >= 15 is 0 Å². The van der Waals surface area contributed by atoms with Crippen molar-refractivity contribution in [2.45, 2.75) is 27.7 Å². The number of aliphatic imine (C=N–C) groups is 1. The first-order valence-electron chi connectivity index (χ1n) is 10.1. The Morgan fingerprint density at radius 1 is 1.18 bits per heavy atom. The molecule has 1 amide bonds. The van der Waals surface area contributed by atoms with Gasteiger partial charge in [0.05, 0.1) is 13.7 Å². The van der Waals surface area contributed by atoms with Crippen LogP contribution >= 0.6 is 0 Å². The average Bonchev–Trinajstić information content (AvgIpc) is 2.69. The summed E-state index contributed by atoms with van der Waals surface area (Å²) < 4.78 is 5.33. The van der Waals surface area contributed by atoms with E-state index in [9.17, 15) is 4.79 Å². The van der Waals surface area contributed by atoms with Crippen molar-refractivity contribution in [2.24, 2.45) is 10.4 Å². The van der Waals surface area contributed by atoms with E-state index in [-0.39, 0.29) is 11.3 Å². The molecule has 0 spiro atoms. The smallest absolute Gasteiger partial charge is 0.225 e. The van der Waals surface area contributed by atoms with Crippen molar-refractivity contribution in [3.05, 3.63) is 24.3 Å². The van der Waals surface area contributed by atoms with E-state index < -0.39 is 0 Å². The van der Waals surface area contributed by atoms with Crippen molar-refractivity contribution in [1.82, 2.24) is 15.5 Å². The molecule has 2 rings (SSSR count). The van der Waals surface area contributed by atoms with Gasteiger partial charge in [-0.05, 0) is 19.1 Å². The predicted octanol–water partition coefficient (Wildman–Crippen LogP) is 1.95. The van der Waals surface area contributed by atoms with Gasteiger partial charge in [0.15, 0.2) is 5.96 Å². The molecule has 1 saturated heterocycles. The number of carbonyl (C=O) groups is 1. The highest BCUT2D eigenvalue weighted by molar-refractivity contribution is 5.82. The predicted molar refractivity (Wildman–Crippen MR) is 115 cm³/mol. The fourth-order valence-corrected chi connectivity index (χ4v) is 3.01. The molecule has 0 unspecified atom stereocenters. The minimum Gasteiger partial charge on any atom is -0.497 e. The van der Waals surface area contributed by atoms with Crippen molar-refractivity contribution in [1.29, 1.82) is 0 Å². The Morgan fingerprint density at radius 3 is 2.50 bits per heavy atom. The zero-order valence-electron chi connectivity index (χ0n) is 17.9. The third-order valence-corrected chi connectivity index (χ3v) is 4.67. The van der Waals surface area contributed by atoms with Gasteiger partial charge in [0.2, 0.25) is 5.91 Å². The minimum atomic E-state index is -0.370. The Bertz CT molecular complexity index is 661. The summed E-state index contributed by atoms with van der Waals surface area (Å²) in [6, 6.07) is 8.19. The first-order chi connectivity index (χ1) is 13.3. The lowest BCUT2D eigenvalue weighted by Gasteiger charge is -2.37. The second kappa shape index (κ2) is 10.2. The lowest BCUT2D eigenvalue weighted by Crippen LogP contribution is -2.52. The summed E-state index contributed by atoms with van der Waals surface area (Å²) >= 11 is 0. The van der Waals surface area contributed by atoms with Gasteiger partial charge in [0.25, 0.3) is 0 Å².